The first-order chi connectivity index (χ1) is 8.25. The van der Waals surface area contributed by atoms with Crippen LogP contribution in [-0.4, -0.2) is 33.4 Å². The van der Waals surface area contributed by atoms with Gasteiger partial charge in [0.1, 0.15) is 12.1 Å². The van der Waals surface area contributed by atoms with Crippen molar-refractivity contribution in [3.63, 3.8) is 0 Å². The van der Waals surface area contributed by atoms with Crippen molar-refractivity contribution < 1.29 is 32.6 Å². The largest absolute Gasteiger partial charge is 0.480 e. The monoisotopic (exact) mass is 266 g/mol. The summed E-state index contributed by atoms with van der Waals surface area (Å²) in [5.74, 6) is -2.57. The van der Waals surface area contributed by atoms with Gasteiger partial charge in [0.25, 0.3) is 0 Å². The second-order valence-electron chi connectivity index (χ2n) is 3.20. The fourth-order valence-corrected chi connectivity index (χ4v) is 1.21. The number of carbonyl (C=O) groups excluding carboxylic acids is 1. The molecule has 0 saturated heterocycles. The maximum absolute atomic E-state index is 12.6. The van der Waals surface area contributed by atoms with Crippen molar-refractivity contribution >= 4 is 11.9 Å². The summed E-state index contributed by atoms with van der Waals surface area (Å²) in [5, 5.41) is 11.5. The van der Waals surface area contributed by atoms with Gasteiger partial charge in [0.15, 0.2) is 5.69 Å². The molecule has 0 spiro atoms. The van der Waals surface area contributed by atoms with E-state index < -0.39 is 35.9 Å². The van der Waals surface area contributed by atoms with Gasteiger partial charge in [-0.1, -0.05) is 0 Å². The minimum absolute atomic E-state index is 0.0970. The second-order valence-corrected chi connectivity index (χ2v) is 3.20. The van der Waals surface area contributed by atoms with Gasteiger partial charge in [-0.2, -0.15) is 18.3 Å². The minimum atomic E-state index is -4.86. The van der Waals surface area contributed by atoms with Crippen LogP contribution in [0.2, 0.25) is 0 Å². The van der Waals surface area contributed by atoms with Crippen LogP contribution >= 0.6 is 0 Å². The zero-order valence-corrected chi connectivity index (χ0v) is 9.19. The lowest BCUT2D eigenvalue weighted by Gasteiger charge is -2.04. The fraction of sp³-hybridized carbons (Fsp3) is 0.444. The van der Waals surface area contributed by atoms with Gasteiger partial charge in [0, 0.05) is 6.20 Å². The van der Waals surface area contributed by atoms with Gasteiger partial charge >= 0.3 is 18.1 Å². The highest BCUT2D eigenvalue weighted by Gasteiger charge is 2.39. The van der Waals surface area contributed by atoms with Crippen molar-refractivity contribution in [3.05, 3.63) is 17.5 Å². The summed E-state index contributed by atoms with van der Waals surface area (Å²) in [5.41, 5.74) is -2.26. The zero-order chi connectivity index (χ0) is 13.9. The van der Waals surface area contributed by atoms with Crippen LogP contribution in [0, 0.1) is 0 Å². The highest BCUT2D eigenvalue weighted by molar-refractivity contribution is 5.90. The number of esters is 1. The van der Waals surface area contributed by atoms with Gasteiger partial charge in [0.2, 0.25) is 0 Å². The number of rotatable bonds is 4. The highest BCUT2D eigenvalue weighted by Crippen LogP contribution is 2.31. The molecule has 18 heavy (non-hydrogen) atoms. The number of carboxylic acid groups (broad SMARTS) is 1. The summed E-state index contributed by atoms with van der Waals surface area (Å²) in [6.07, 6.45) is -4.15. The van der Waals surface area contributed by atoms with Crippen LogP contribution in [0.25, 0.3) is 0 Å². The van der Waals surface area contributed by atoms with Crippen molar-refractivity contribution in [2.45, 2.75) is 19.6 Å². The molecule has 100 valence electrons. The molecule has 1 aromatic rings. The number of ether oxygens (including phenoxy) is 1. The lowest BCUT2D eigenvalue weighted by Crippen LogP contribution is -2.14. The number of alkyl halides is 3. The molecule has 1 N–H and O–H groups in total. The Morgan fingerprint density at radius 1 is 1.50 bits per heavy atom. The molecule has 1 rings (SSSR count). The van der Waals surface area contributed by atoms with E-state index in [1.165, 1.54) is 6.92 Å². The third-order valence-electron chi connectivity index (χ3n) is 1.82. The van der Waals surface area contributed by atoms with Gasteiger partial charge in [-0.3, -0.25) is 9.48 Å². The maximum Gasteiger partial charge on any atom is 0.436 e. The van der Waals surface area contributed by atoms with Crippen LogP contribution in [0.15, 0.2) is 6.20 Å². The molecule has 0 aliphatic heterocycles. The summed E-state index contributed by atoms with van der Waals surface area (Å²) in [6.45, 7) is 0.565. The van der Waals surface area contributed by atoms with Gasteiger partial charge in [-0.15, -0.1) is 0 Å². The summed E-state index contributed by atoms with van der Waals surface area (Å²) in [7, 11) is 0. The van der Waals surface area contributed by atoms with Crippen LogP contribution in [-0.2, 0) is 22.3 Å². The number of carbonyl (C=O) groups is 2. The van der Waals surface area contributed by atoms with Gasteiger partial charge in [-0.25, -0.2) is 4.79 Å². The first-order valence-corrected chi connectivity index (χ1v) is 4.79. The molecule has 1 heterocycles. The third kappa shape index (κ3) is 3.22. The van der Waals surface area contributed by atoms with E-state index in [2.05, 4.69) is 9.84 Å². The number of aromatic nitrogens is 2. The van der Waals surface area contributed by atoms with Gasteiger partial charge in [0.05, 0.1) is 6.61 Å². The predicted octanol–water partition coefficient (Wildman–Crippen LogP) is 1.16. The molecule has 0 bridgehead atoms. The van der Waals surface area contributed by atoms with Crippen LogP contribution in [0.1, 0.15) is 23.0 Å². The lowest BCUT2D eigenvalue weighted by atomic mass is 10.2. The number of halogens is 3. The highest BCUT2D eigenvalue weighted by atomic mass is 19.4. The molecule has 0 saturated carbocycles. The molecular weight excluding hydrogens is 257 g/mol. The van der Waals surface area contributed by atoms with Gasteiger partial charge in [-0.05, 0) is 6.92 Å². The van der Waals surface area contributed by atoms with Crippen LogP contribution in [0.4, 0.5) is 13.2 Å². The Morgan fingerprint density at radius 3 is 2.56 bits per heavy atom. The van der Waals surface area contributed by atoms with E-state index >= 15 is 0 Å². The Morgan fingerprint density at radius 2 is 2.11 bits per heavy atom. The van der Waals surface area contributed by atoms with E-state index in [1.54, 1.807) is 0 Å². The number of carboxylic acids is 1. The van der Waals surface area contributed by atoms with E-state index in [-0.39, 0.29) is 6.61 Å². The number of hydrogen-bond donors (Lipinski definition) is 1. The summed E-state index contributed by atoms with van der Waals surface area (Å²) in [4.78, 5) is 21.7. The minimum Gasteiger partial charge on any atom is -0.480 e. The van der Waals surface area contributed by atoms with E-state index in [1.807, 2.05) is 0 Å². The molecular formula is C9H9F3N2O4. The standard InChI is InChI=1S/C9H9F3N2O4/c1-2-18-8(17)5-3-14(4-6(15)16)13-7(5)9(10,11)12/h3H,2,4H2,1H3,(H,15,16). The molecule has 0 fully saturated rings. The second kappa shape index (κ2) is 5.07. The summed E-state index contributed by atoms with van der Waals surface area (Å²) in [6, 6.07) is 0. The normalized spacial score (nSPS) is 11.3. The van der Waals surface area contributed by atoms with Crippen molar-refractivity contribution in [2.24, 2.45) is 0 Å². The Kier molecular flexibility index (Phi) is 3.94. The molecule has 0 atom stereocenters. The predicted molar refractivity (Wildman–Crippen MR) is 50.8 cm³/mol. The van der Waals surface area contributed by atoms with Crippen molar-refractivity contribution in [3.8, 4) is 0 Å². The molecule has 1 aromatic heterocycles. The Bertz CT molecular complexity index is 467. The van der Waals surface area contributed by atoms with Crippen molar-refractivity contribution in [1.29, 1.82) is 0 Å². The molecule has 9 heteroatoms. The molecule has 0 radical (unpaired) electrons. The number of aliphatic carboxylic acids is 1. The van der Waals surface area contributed by atoms with E-state index in [0.29, 0.717) is 10.9 Å². The van der Waals surface area contributed by atoms with E-state index in [4.69, 9.17) is 5.11 Å². The molecule has 0 amide bonds. The average Bonchev–Trinajstić information content (AvgIpc) is 2.60. The van der Waals surface area contributed by atoms with E-state index in [9.17, 15) is 22.8 Å². The maximum atomic E-state index is 12.6. The summed E-state index contributed by atoms with van der Waals surface area (Å²) < 4.78 is 42.7. The SMILES string of the molecule is CCOC(=O)c1cn(CC(=O)O)nc1C(F)(F)F. The molecule has 0 aliphatic carbocycles. The smallest absolute Gasteiger partial charge is 0.436 e. The quantitative estimate of drug-likeness (QED) is 0.827. The van der Waals surface area contributed by atoms with Crippen molar-refractivity contribution in [2.75, 3.05) is 6.61 Å². The Labute approximate surface area is 99.0 Å². The molecule has 0 unspecified atom stereocenters. The zero-order valence-electron chi connectivity index (χ0n) is 9.19. The van der Waals surface area contributed by atoms with Crippen LogP contribution in [0.5, 0.6) is 0 Å². The first kappa shape index (κ1) is 14.0. The molecule has 0 aromatic carbocycles. The topological polar surface area (TPSA) is 81.4 Å². The molecule has 6 nitrogen and oxygen atoms in total. The molecule has 0 aliphatic rings. The number of nitrogens with zero attached hydrogens (tertiary/aromatic N) is 2. The third-order valence-corrected chi connectivity index (χ3v) is 1.82. The Hall–Kier alpha value is -2.06. The number of hydrogen-bond acceptors (Lipinski definition) is 4. The van der Waals surface area contributed by atoms with Crippen molar-refractivity contribution in [1.82, 2.24) is 9.78 Å². The first-order valence-electron chi connectivity index (χ1n) is 4.79. The summed E-state index contributed by atoms with van der Waals surface area (Å²) >= 11 is 0. The van der Waals surface area contributed by atoms with Crippen LogP contribution < -0.4 is 0 Å². The van der Waals surface area contributed by atoms with E-state index in [0.717, 1.165) is 0 Å². The lowest BCUT2D eigenvalue weighted by molar-refractivity contribution is -0.143. The van der Waals surface area contributed by atoms with Gasteiger partial charge < -0.3 is 9.84 Å². The Balaban J connectivity index is 3.17. The average molecular weight is 266 g/mol. The van der Waals surface area contributed by atoms with Crippen LogP contribution in [0.3, 0.4) is 0 Å². The fourth-order valence-electron chi connectivity index (χ4n) is 1.21.